The largest absolute Gasteiger partial charge is 0.493 e. The molecule has 1 heterocycles. The number of para-hydroxylation sites is 3. The normalized spacial score (nSPS) is 10.6. The molecule has 6 nitrogen and oxygen atoms in total. The van der Waals surface area contributed by atoms with E-state index in [-0.39, 0.29) is 5.28 Å². The number of ether oxygens (including phenoxy) is 3. The van der Waals surface area contributed by atoms with Gasteiger partial charge >= 0.3 is 0 Å². The average Bonchev–Trinajstić information content (AvgIpc) is 2.75. The Balaban J connectivity index is 1.77. The smallest absolute Gasteiger partial charge is 0.224 e. The number of nitrogens with zero attached hydrogens (tertiary/aromatic N) is 2. The molecule has 0 saturated heterocycles. The number of benzene rings is 3. The van der Waals surface area contributed by atoms with Crippen molar-refractivity contribution in [3.63, 3.8) is 0 Å². The molecule has 1 aromatic heterocycles. The van der Waals surface area contributed by atoms with Gasteiger partial charge in [0, 0.05) is 11.5 Å². The first kappa shape index (κ1) is 18.8. The second kappa shape index (κ2) is 8.24. The van der Waals surface area contributed by atoms with Gasteiger partial charge in [0.25, 0.3) is 0 Å². The zero-order valence-corrected chi connectivity index (χ0v) is 16.6. The van der Waals surface area contributed by atoms with Gasteiger partial charge in [-0.05, 0) is 41.9 Å². The molecule has 0 spiro atoms. The van der Waals surface area contributed by atoms with E-state index < -0.39 is 0 Å². The van der Waals surface area contributed by atoms with Crippen LogP contribution in [-0.2, 0) is 0 Å². The Morgan fingerprint density at radius 2 is 1.48 bits per heavy atom. The van der Waals surface area contributed by atoms with Crippen LogP contribution in [0.15, 0.2) is 66.7 Å². The molecular formula is C22H18ClN3O3. The Kier molecular flexibility index (Phi) is 5.35. The molecule has 0 unspecified atom stereocenters. The molecule has 0 aliphatic rings. The van der Waals surface area contributed by atoms with Crippen LogP contribution in [0.4, 0.5) is 11.5 Å². The minimum atomic E-state index is 0.119. The van der Waals surface area contributed by atoms with Crippen LogP contribution >= 0.6 is 11.6 Å². The average molecular weight is 408 g/mol. The lowest BCUT2D eigenvalue weighted by atomic mass is 10.2. The van der Waals surface area contributed by atoms with E-state index in [1.165, 1.54) is 0 Å². The van der Waals surface area contributed by atoms with Crippen LogP contribution < -0.4 is 19.5 Å². The monoisotopic (exact) mass is 407 g/mol. The molecule has 0 saturated carbocycles. The summed E-state index contributed by atoms with van der Waals surface area (Å²) in [6.45, 7) is 0. The standard InChI is InChI=1S/C22H18ClN3O3/c1-27-19-12-15-17(13-20(19)28-2)25-22(23)26-21(15)24-16-10-6-7-11-18(16)29-14-8-4-3-5-9-14/h3-13H,1-2H3,(H,24,25,26). The topological polar surface area (TPSA) is 65.5 Å². The predicted molar refractivity (Wildman–Crippen MR) is 114 cm³/mol. The van der Waals surface area contributed by atoms with Crippen LogP contribution in [-0.4, -0.2) is 24.2 Å². The van der Waals surface area contributed by atoms with Crippen molar-refractivity contribution in [2.75, 3.05) is 19.5 Å². The van der Waals surface area contributed by atoms with Gasteiger partial charge in [-0.1, -0.05) is 30.3 Å². The number of fused-ring (bicyclic) bond motifs is 1. The van der Waals surface area contributed by atoms with E-state index in [9.17, 15) is 0 Å². The molecule has 1 N–H and O–H groups in total. The maximum absolute atomic E-state index is 6.16. The summed E-state index contributed by atoms with van der Waals surface area (Å²) in [5.74, 6) is 3.06. The molecule has 3 aromatic carbocycles. The van der Waals surface area contributed by atoms with Gasteiger partial charge in [-0.3, -0.25) is 0 Å². The van der Waals surface area contributed by atoms with Crippen molar-refractivity contribution in [2.45, 2.75) is 0 Å². The zero-order chi connectivity index (χ0) is 20.2. The molecular weight excluding hydrogens is 390 g/mol. The van der Waals surface area contributed by atoms with Crippen molar-refractivity contribution < 1.29 is 14.2 Å². The first-order chi connectivity index (χ1) is 14.2. The third kappa shape index (κ3) is 4.02. The quantitative estimate of drug-likeness (QED) is 0.405. The fourth-order valence-corrected chi connectivity index (χ4v) is 3.10. The van der Waals surface area contributed by atoms with Crippen molar-refractivity contribution in [3.8, 4) is 23.0 Å². The zero-order valence-electron chi connectivity index (χ0n) is 15.8. The fraction of sp³-hybridized carbons (Fsp3) is 0.0909. The number of aromatic nitrogens is 2. The minimum absolute atomic E-state index is 0.119. The highest BCUT2D eigenvalue weighted by Gasteiger charge is 2.14. The van der Waals surface area contributed by atoms with Crippen molar-refractivity contribution in [3.05, 3.63) is 72.0 Å². The Bertz CT molecular complexity index is 1150. The van der Waals surface area contributed by atoms with E-state index in [0.29, 0.717) is 28.6 Å². The highest BCUT2D eigenvalue weighted by Crippen LogP contribution is 2.37. The first-order valence-electron chi connectivity index (χ1n) is 8.86. The Hall–Kier alpha value is -3.51. The third-order valence-corrected chi connectivity index (χ3v) is 4.45. The molecule has 7 heteroatoms. The molecule has 0 amide bonds. The molecule has 0 atom stereocenters. The fourth-order valence-electron chi connectivity index (χ4n) is 2.92. The first-order valence-corrected chi connectivity index (χ1v) is 9.24. The van der Waals surface area contributed by atoms with Crippen molar-refractivity contribution >= 4 is 34.0 Å². The number of anilines is 2. The maximum Gasteiger partial charge on any atom is 0.224 e. The van der Waals surface area contributed by atoms with Crippen molar-refractivity contribution in [2.24, 2.45) is 0 Å². The van der Waals surface area contributed by atoms with E-state index in [2.05, 4.69) is 15.3 Å². The summed E-state index contributed by atoms with van der Waals surface area (Å²) in [5, 5.41) is 4.17. The molecule has 0 aliphatic carbocycles. The van der Waals surface area contributed by atoms with Crippen LogP contribution in [0.2, 0.25) is 5.28 Å². The Morgan fingerprint density at radius 3 is 2.24 bits per heavy atom. The van der Waals surface area contributed by atoms with Crippen molar-refractivity contribution in [1.29, 1.82) is 0 Å². The summed E-state index contributed by atoms with van der Waals surface area (Å²) in [6, 6.07) is 20.7. The summed E-state index contributed by atoms with van der Waals surface area (Å²) in [7, 11) is 3.15. The molecule has 0 radical (unpaired) electrons. The summed E-state index contributed by atoms with van der Waals surface area (Å²) >= 11 is 6.16. The third-order valence-electron chi connectivity index (χ3n) is 4.28. The number of methoxy groups -OCH3 is 2. The Labute approximate surface area is 173 Å². The van der Waals surface area contributed by atoms with Gasteiger partial charge in [-0.15, -0.1) is 0 Å². The van der Waals surface area contributed by atoms with Gasteiger partial charge in [0.2, 0.25) is 5.28 Å². The molecule has 0 aliphatic heterocycles. The number of rotatable bonds is 6. The molecule has 0 fully saturated rings. The van der Waals surface area contributed by atoms with E-state index in [1.807, 2.05) is 60.7 Å². The Morgan fingerprint density at radius 1 is 0.793 bits per heavy atom. The van der Waals surface area contributed by atoms with Gasteiger partial charge in [-0.25, -0.2) is 4.98 Å². The van der Waals surface area contributed by atoms with Gasteiger partial charge in [0.05, 0.1) is 25.4 Å². The van der Waals surface area contributed by atoms with Gasteiger partial charge in [0.15, 0.2) is 17.2 Å². The molecule has 29 heavy (non-hydrogen) atoms. The summed E-state index contributed by atoms with van der Waals surface area (Å²) < 4.78 is 16.8. The van der Waals surface area contributed by atoms with E-state index >= 15 is 0 Å². The summed E-state index contributed by atoms with van der Waals surface area (Å²) in [4.78, 5) is 8.67. The molecule has 0 bridgehead atoms. The van der Waals surface area contributed by atoms with Gasteiger partial charge in [0.1, 0.15) is 11.6 Å². The van der Waals surface area contributed by atoms with Crippen molar-refractivity contribution in [1.82, 2.24) is 9.97 Å². The second-order valence-electron chi connectivity index (χ2n) is 6.10. The SMILES string of the molecule is COc1cc2nc(Cl)nc(Nc3ccccc3Oc3ccccc3)c2cc1OC. The van der Waals surface area contributed by atoms with Gasteiger partial charge < -0.3 is 19.5 Å². The number of halogens is 1. The van der Waals surface area contributed by atoms with E-state index in [1.54, 1.807) is 20.3 Å². The van der Waals surface area contributed by atoms with Crippen LogP contribution in [0.1, 0.15) is 0 Å². The minimum Gasteiger partial charge on any atom is -0.493 e. The van der Waals surface area contributed by atoms with E-state index in [4.69, 9.17) is 25.8 Å². The lowest BCUT2D eigenvalue weighted by molar-refractivity contribution is 0.356. The number of nitrogens with one attached hydrogen (secondary N) is 1. The van der Waals surface area contributed by atoms with Crippen LogP contribution in [0.5, 0.6) is 23.0 Å². The summed E-state index contributed by atoms with van der Waals surface area (Å²) in [5.41, 5.74) is 1.37. The van der Waals surface area contributed by atoms with Crippen LogP contribution in [0, 0.1) is 0 Å². The van der Waals surface area contributed by atoms with E-state index in [0.717, 1.165) is 16.8 Å². The number of hydrogen-bond donors (Lipinski definition) is 1. The summed E-state index contributed by atoms with van der Waals surface area (Å²) in [6.07, 6.45) is 0. The number of hydrogen-bond acceptors (Lipinski definition) is 6. The van der Waals surface area contributed by atoms with Gasteiger partial charge in [-0.2, -0.15) is 4.98 Å². The molecule has 4 aromatic rings. The highest BCUT2D eigenvalue weighted by atomic mass is 35.5. The molecule has 4 rings (SSSR count). The highest BCUT2D eigenvalue weighted by molar-refractivity contribution is 6.28. The second-order valence-corrected chi connectivity index (χ2v) is 6.44. The predicted octanol–water partition coefficient (Wildman–Crippen LogP) is 5.84. The lowest BCUT2D eigenvalue weighted by Gasteiger charge is -2.15. The maximum atomic E-state index is 6.16. The van der Waals surface area contributed by atoms with Crippen LogP contribution in [0.25, 0.3) is 10.9 Å². The lowest BCUT2D eigenvalue weighted by Crippen LogP contribution is -2.00. The molecule has 146 valence electrons. The van der Waals surface area contributed by atoms with Crippen LogP contribution in [0.3, 0.4) is 0 Å².